The molecule has 1 aromatic carbocycles. The van der Waals surface area contributed by atoms with Crippen molar-refractivity contribution in [2.45, 2.75) is 19.8 Å². The van der Waals surface area contributed by atoms with Crippen molar-refractivity contribution in [2.24, 2.45) is 16.6 Å². The number of hydrogen-bond acceptors (Lipinski definition) is 2. The molecule has 0 spiro atoms. The van der Waals surface area contributed by atoms with E-state index in [1.54, 1.807) is 6.21 Å². The van der Waals surface area contributed by atoms with Gasteiger partial charge < -0.3 is 16.2 Å². The summed E-state index contributed by atoms with van der Waals surface area (Å²) in [7, 11) is 0. The fraction of sp³-hybridized carbons (Fsp3) is 0.333. The van der Waals surface area contributed by atoms with Crippen molar-refractivity contribution in [3.8, 4) is 5.75 Å². The zero-order chi connectivity index (χ0) is 12.5. The lowest BCUT2D eigenvalue weighted by atomic mass is 10.2. The van der Waals surface area contributed by atoms with Crippen molar-refractivity contribution >= 4 is 12.2 Å². The number of unbranched alkanes of at least 4 members (excludes halogenated alkanes) is 1. The molecule has 0 aliphatic rings. The maximum absolute atomic E-state index is 5.54. The average molecular weight is 235 g/mol. The van der Waals surface area contributed by atoms with Crippen molar-refractivity contribution in [1.29, 1.82) is 0 Å². The van der Waals surface area contributed by atoms with Crippen LogP contribution in [-0.4, -0.2) is 18.8 Å². The maximum Gasteiger partial charge on any atom is 0.256 e. The predicted octanol–water partition coefficient (Wildman–Crippen LogP) is -0.447. The van der Waals surface area contributed by atoms with Crippen LogP contribution >= 0.6 is 0 Å². The lowest BCUT2D eigenvalue weighted by Crippen LogP contribution is -2.63. The maximum atomic E-state index is 5.54. The summed E-state index contributed by atoms with van der Waals surface area (Å²) >= 11 is 0. The lowest BCUT2D eigenvalue weighted by molar-refractivity contribution is -0.456. The van der Waals surface area contributed by atoms with E-state index in [0.29, 0.717) is 0 Å². The molecule has 0 amide bonds. The second kappa shape index (κ2) is 7.27. The molecule has 0 aromatic heterocycles. The van der Waals surface area contributed by atoms with Gasteiger partial charge in [0.05, 0.1) is 6.61 Å². The Morgan fingerprint density at radius 1 is 1.35 bits per heavy atom. The van der Waals surface area contributed by atoms with Crippen LogP contribution in [0.25, 0.3) is 0 Å². The molecule has 5 heteroatoms. The van der Waals surface area contributed by atoms with Crippen LogP contribution in [0.3, 0.4) is 0 Å². The van der Waals surface area contributed by atoms with Crippen molar-refractivity contribution in [3.05, 3.63) is 29.8 Å². The minimum Gasteiger partial charge on any atom is -0.494 e. The summed E-state index contributed by atoms with van der Waals surface area (Å²) in [6.07, 6.45) is 3.91. The molecule has 0 radical (unpaired) electrons. The van der Waals surface area contributed by atoms with Crippen LogP contribution in [0.15, 0.2) is 29.4 Å². The summed E-state index contributed by atoms with van der Waals surface area (Å²) in [5, 5.41) is 6.28. The Hall–Kier alpha value is -2.04. The van der Waals surface area contributed by atoms with Crippen LogP contribution in [-0.2, 0) is 0 Å². The first-order chi connectivity index (χ1) is 8.22. The number of benzene rings is 1. The standard InChI is InChI=1S/C12H18N4O/c1-2-3-8-17-11-6-4-10(5-7-11)9-15-16-12(13)14/h4-7,9H,2-3,8H2,1H3,(H4,13,14,16)/p+1/b15-9-. The van der Waals surface area contributed by atoms with Gasteiger partial charge in [-0.2, -0.15) is 0 Å². The quantitative estimate of drug-likeness (QED) is 0.270. The Morgan fingerprint density at radius 3 is 2.65 bits per heavy atom. The van der Waals surface area contributed by atoms with Crippen LogP contribution in [0.5, 0.6) is 5.75 Å². The van der Waals surface area contributed by atoms with Gasteiger partial charge in [0.1, 0.15) is 5.75 Å². The molecule has 0 heterocycles. The van der Waals surface area contributed by atoms with E-state index in [0.717, 1.165) is 30.8 Å². The zero-order valence-electron chi connectivity index (χ0n) is 10.0. The van der Waals surface area contributed by atoms with Crippen molar-refractivity contribution in [2.75, 3.05) is 6.61 Å². The van der Waals surface area contributed by atoms with E-state index in [2.05, 4.69) is 17.1 Å². The van der Waals surface area contributed by atoms with E-state index in [4.69, 9.17) is 16.2 Å². The highest BCUT2D eigenvalue weighted by Crippen LogP contribution is 2.11. The van der Waals surface area contributed by atoms with Crippen molar-refractivity contribution in [3.63, 3.8) is 0 Å². The lowest BCUT2D eigenvalue weighted by Gasteiger charge is -2.04. The number of nitrogens with one attached hydrogen (secondary N) is 1. The molecule has 0 aliphatic carbocycles. The van der Waals surface area contributed by atoms with Gasteiger partial charge in [0.2, 0.25) is 6.21 Å². The summed E-state index contributed by atoms with van der Waals surface area (Å²) in [5.74, 6) is 0.873. The summed E-state index contributed by atoms with van der Waals surface area (Å²) in [5.41, 5.74) is 11.3. The van der Waals surface area contributed by atoms with Gasteiger partial charge in [-0.05, 0) is 30.7 Å². The third-order valence-electron chi connectivity index (χ3n) is 2.07. The Bertz CT molecular complexity index is 380. The van der Waals surface area contributed by atoms with Gasteiger partial charge in [-0.3, -0.25) is 0 Å². The van der Waals surface area contributed by atoms with Crippen LogP contribution in [0.1, 0.15) is 25.3 Å². The van der Waals surface area contributed by atoms with Gasteiger partial charge in [0.25, 0.3) is 5.96 Å². The first-order valence-corrected chi connectivity index (χ1v) is 5.62. The fourth-order valence-corrected chi connectivity index (χ4v) is 1.18. The van der Waals surface area contributed by atoms with E-state index in [-0.39, 0.29) is 5.96 Å². The van der Waals surface area contributed by atoms with Crippen molar-refractivity contribution in [1.82, 2.24) is 0 Å². The van der Waals surface area contributed by atoms with Crippen molar-refractivity contribution < 1.29 is 9.84 Å². The molecule has 0 unspecified atom stereocenters. The molecule has 17 heavy (non-hydrogen) atoms. The van der Waals surface area contributed by atoms with E-state index in [9.17, 15) is 0 Å². The van der Waals surface area contributed by atoms with E-state index >= 15 is 0 Å². The Balaban J connectivity index is 2.50. The highest BCUT2D eigenvalue weighted by atomic mass is 16.5. The molecular weight excluding hydrogens is 216 g/mol. The van der Waals surface area contributed by atoms with Crippen LogP contribution in [0.4, 0.5) is 0 Å². The average Bonchev–Trinajstić information content (AvgIpc) is 2.31. The second-order valence-electron chi connectivity index (χ2n) is 3.58. The number of nitrogens with two attached hydrogens (primary N) is 2. The van der Waals surface area contributed by atoms with E-state index < -0.39 is 0 Å². The minimum absolute atomic E-state index is 0.000712. The molecule has 5 N–H and O–H groups in total. The Morgan fingerprint density at radius 2 is 2.06 bits per heavy atom. The zero-order valence-corrected chi connectivity index (χ0v) is 10.0. The molecule has 0 saturated heterocycles. The van der Waals surface area contributed by atoms with E-state index in [1.165, 1.54) is 0 Å². The van der Waals surface area contributed by atoms with Gasteiger partial charge in [-0.1, -0.05) is 13.3 Å². The van der Waals surface area contributed by atoms with Gasteiger partial charge in [0, 0.05) is 10.7 Å². The Kier molecular flexibility index (Phi) is 5.57. The number of nitrogens with zero attached hydrogens (tertiary/aromatic N) is 1. The molecule has 0 aliphatic heterocycles. The first-order valence-electron chi connectivity index (χ1n) is 5.62. The molecule has 1 aromatic rings. The number of ether oxygens (including phenoxy) is 1. The minimum atomic E-state index is 0.000712. The van der Waals surface area contributed by atoms with Crippen LogP contribution < -0.4 is 21.3 Å². The third-order valence-corrected chi connectivity index (χ3v) is 2.07. The molecule has 0 bridgehead atoms. The molecule has 92 valence electrons. The van der Waals surface area contributed by atoms with Crippen LogP contribution in [0, 0.1) is 0 Å². The molecular formula is C12H19N4O+. The highest BCUT2D eigenvalue weighted by Gasteiger charge is 1.95. The molecule has 1 rings (SSSR count). The molecule has 0 saturated carbocycles. The second-order valence-corrected chi connectivity index (χ2v) is 3.58. The smallest absolute Gasteiger partial charge is 0.256 e. The fourth-order valence-electron chi connectivity index (χ4n) is 1.18. The number of hydrazone groups is 1. The monoisotopic (exact) mass is 235 g/mol. The SMILES string of the molecule is CCCCOc1ccc(/C=[NH+]\N=C(N)N)cc1. The van der Waals surface area contributed by atoms with E-state index in [1.807, 2.05) is 24.3 Å². The third kappa shape index (κ3) is 5.55. The number of guanidine groups is 1. The first kappa shape index (κ1) is 13.0. The molecule has 5 nitrogen and oxygen atoms in total. The highest BCUT2D eigenvalue weighted by molar-refractivity contribution is 5.77. The van der Waals surface area contributed by atoms with Gasteiger partial charge in [-0.25, -0.2) is 0 Å². The number of rotatable bonds is 6. The summed E-state index contributed by atoms with van der Waals surface area (Å²) in [4.78, 5) is 0. The normalized spacial score (nSPS) is 10.4. The number of hydrogen-bond donors (Lipinski definition) is 3. The Labute approximate surface area is 101 Å². The van der Waals surface area contributed by atoms with Gasteiger partial charge >= 0.3 is 0 Å². The van der Waals surface area contributed by atoms with Gasteiger partial charge in [0.15, 0.2) is 0 Å². The summed E-state index contributed by atoms with van der Waals surface area (Å²) in [6, 6.07) is 7.68. The summed E-state index contributed by atoms with van der Waals surface area (Å²) < 4.78 is 5.54. The molecule has 0 fully saturated rings. The molecule has 0 atom stereocenters. The predicted molar refractivity (Wildman–Crippen MR) is 68.8 cm³/mol. The topological polar surface area (TPSA) is 87.6 Å². The largest absolute Gasteiger partial charge is 0.494 e. The van der Waals surface area contributed by atoms with Gasteiger partial charge in [-0.15, -0.1) is 5.10 Å². The summed E-state index contributed by atoms with van der Waals surface area (Å²) in [6.45, 7) is 2.89. The van der Waals surface area contributed by atoms with Crippen LogP contribution in [0.2, 0.25) is 0 Å².